The van der Waals surface area contributed by atoms with E-state index >= 15 is 0 Å². The molecule has 2 rings (SSSR count). The molecule has 0 atom stereocenters. The van der Waals surface area contributed by atoms with Crippen LogP contribution in [0.25, 0.3) is 0 Å². The van der Waals surface area contributed by atoms with Crippen LogP contribution in [0.3, 0.4) is 0 Å². The Morgan fingerprint density at radius 3 is 2.71 bits per heavy atom. The maximum absolute atomic E-state index is 12.3. The first-order chi connectivity index (χ1) is 9.92. The Kier molecular flexibility index (Phi) is 4.90. The summed E-state index contributed by atoms with van der Waals surface area (Å²) >= 11 is 7.47. The van der Waals surface area contributed by atoms with Crippen LogP contribution in [0.4, 0.5) is 5.13 Å². The lowest BCUT2D eigenvalue weighted by atomic mass is 10.2. The zero-order chi connectivity index (χ0) is 15.6. The molecule has 0 saturated heterocycles. The number of carbonyl (C=O) groups excluding carboxylic acids is 1. The lowest BCUT2D eigenvalue weighted by Crippen LogP contribution is -2.16. The van der Waals surface area contributed by atoms with Gasteiger partial charge in [0.25, 0.3) is 5.91 Å². The van der Waals surface area contributed by atoms with Crippen molar-refractivity contribution in [2.45, 2.75) is 40.0 Å². The van der Waals surface area contributed by atoms with E-state index in [1.54, 1.807) is 0 Å². The van der Waals surface area contributed by atoms with E-state index in [2.05, 4.69) is 20.3 Å². The molecule has 5 nitrogen and oxygen atoms in total. The van der Waals surface area contributed by atoms with Crippen molar-refractivity contribution in [3.05, 3.63) is 33.3 Å². The van der Waals surface area contributed by atoms with Crippen molar-refractivity contribution < 1.29 is 4.79 Å². The van der Waals surface area contributed by atoms with Gasteiger partial charge in [0.2, 0.25) is 0 Å². The molecular weight excluding hydrogens is 308 g/mol. The summed E-state index contributed by atoms with van der Waals surface area (Å²) in [5.74, 6) is 0.359. The van der Waals surface area contributed by atoms with Crippen LogP contribution in [-0.2, 0) is 6.42 Å². The first kappa shape index (κ1) is 15.9. The number of nitrogens with one attached hydrogen (secondary N) is 1. The fourth-order valence-electron chi connectivity index (χ4n) is 1.78. The van der Waals surface area contributed by atoms with Gasteiger partial charge in [0, 0.05) is 10.8 Å². The van der Waals surface area contributed by atoms with E-state index in [9.17, 15) is 4.79 Å². The smallest absolute Gasteiger partial charge is 0.277 e. The normalized spacial score (nSPS) is 11.0. The summed E-state index contributed by atoms with van der Waals surface area (Å²) in [7, 11) is 0. The lowest BCUT2D eigenvalue weighted by Gasteiger charge is -2.07. The third-order valence-corrected chi connectivity index (χ3v) is 4.15. The number of thiazole rings is 1. The number of anilines is 1. The molecule has 0 unspecified atom stereocenters. The third kappa shape index (κ3) is 3.57. The van der Waals surface area contributed by atoms with Crippen molar-refractivity contribution in [1.82, 2.24) is 15.0 Å². The van der Waals surface area contributed by atoms with Gasteiger partial charge in [-0.15, -0.1) is 11.3 Å². The van der Waals surface area contributed by atoms with Crippen LogP contribution in [0.2, 0.25) is 5.02 Å². The van der Waals surface area contributed by atoms with Gasteiger partial charge >= 0.3 is 0 Å². The Labute approximate surface area is 132 Å². The predicted molar refractivity (Wildman–Crippen MR) is 85.3 cm³/mol. The summed E-state index contributed by atoms with van der Waals surface area (Å²) in [6.45, 7) is 7.94. The fourth-order valence-corrected chi connectivity index (χ4v) is 2.86. The van der Waals surface area contributed by atoms with Crippen LogP contribution in [0, 0.1) is 6.92 Å². The van der Waals surface area contributed by atoms with Crippen LogP contribution in [-0.4, -0.2) is 20.9 Å². The molecule has 2 aromatic rings. The van der Waals surface area contributed by atoms with Crippen molar-refractivity contribution in [3.8, 4) is 0 Å². The first-order valence-electron chi connectivity index (χ1n) is 6.72. The van der Waals surface area contributed by atoms with Gasteiger partial charge in [-0.25, -0.2) is 15.0 Å². The highest BCUT2D eigenvalue weighted by molar-refractivity contribution is 7.15. The van der Waals surface area contributed by atoms with Gasteiger partial charge in [0.1, 0.15) is 5.82 Å². The summed E-state index contributed by atoms with van der Waals surface area (Å²) in [4.78, 5) is 26.1. The monoisotopic (exact) mass is 324 g/mol. The van der Waals surface area contributed by atoms with Crippen LogP contribution in [0.5, 0.6) is 0 Å². The second-order valence-electron chi connectivity index (χ2n) is 4.91. The van der Waals surface area contributed by atoms with E-state index in [-0.39, 0.29) is 22.5 Å². The predicted octanol–water partition coefficient (Wildman–Crippen LogP) is 3.83. The minimum Gasteiger partial charge on any atom is -0.296 e. The van der Waals surface area contributed by atoms with E-state index in [0.29, 0.717) is 11.0 Å². The fraction of sp³-hybridized carbons (Fsp3) is 0.429. The van der Waals surface area contributed by atoms with Crippen molar-refractivity contribution in [1.29, 1.82) is 0 Å². The number of hydrogen-bond donors (Lipinski definition) is 1. The summed E-state index contributed by atoms with van der Waals surface area (Å²) in [5, 5.41) is 3.56. The highest BCUT2D eigenvalue weighted by Gasteiger charge is 2.17. The molecule has 2 aromatic heterocycles. The molecule has 0 spiro atoms. The SMILES string of the molecule is CCc1nc(NC(=O)c2nc(C(C)C)ncc2Cl)sc1C. The third-order valence-electron chi connectivity index (χ3n) is 2.94. The number of halogens is 1. The second-order valence-corrected chi connectivity index (χ2v) is 6.52. The zero-order valence-corrected chi connectivity index (χ0v) is 14.0. The number of rotatable bonds is 4. The van der Waals surface area contributed by atoms with Crippen molar-refractivity contribution in [3.63, 3.8) is 0 Å². The molecule has 21 heavy (non-hydrogen) atoms. The van der Waals surface area contributed by atoms with E-state index in [4.69, 9.17) is 11.6 Å². The summed E-state index contributed by atoms with van der Waals surface area (Å²) in [6.07, 6.45) is 2.30. The summed E-state index contributed by atoms with van der Waals surface area (Å²) in [5.41, 5.74) is 1.17. The maximum Gasteiger partial charge on any atom is 0.277 e. The van der Waals surface area contributed by atoms with E-state index in [1.807, 2.05) is 27.7 Å². The molecule has 0 aliphatic carbocycles. The van der Waals surface area contributed by atoms with Crippen LogP contribution < -0.4 is 5.32 Å². The molecule has 1 amide bonds. The second kappa shape index (κ2) is 6.49. The number of aryl methyl sites for hydroxylation is 2. The number of carbonyl (C=O) groups is 1. The van der Waals surface area contributed by atoms with Gasteiger partial charge < -0.3 is 0 Å². The molecule has 0 saturated carbocycles. The number of nitrogens with zero attached hydrogens (tertiary/aromatic N) is 3. The molecule has 0 aromatic carbocycles. The van der Waals surface area contributed by atoms with Crippen LogP contribution >= 0.6 is 22.9 Å². The molecule has 0 radical (unpaired) electrons. The van der Waals surface area contributed by atoms with Gasteiger partial charge in [0.15, 0.2) is 10.8 Å². The van der Waals surface area contributed by atoms with Crippen molar-refractivity contribution in [2.24, 2.45) is 0 Å². The van der Waals surface area contributed by atoms with Crippen LogP contribution in [0.1, 0.15) is 53.6 Å². The number of hydrogen-bond acceptors (Lipinski definition) is 5. The van der Waals surface area contributed by atoms with Gasteiger partial charge in [-0.05, 0) is 13.3 Å². The average molecular weight is 325 g/mol. The van der Waals surface area contributed by atoms with E-state index < -0.39 is 0 Å². The summed E-state index contributed by atoms with van der Waals surface area (Å²) < 4.78 is 0. The molecule has 0 bridgehead atoms. The largest absolute Gasteiger partial charge is 0.296 e. The molecule has 0 aliphatic rings. The van der Waals surface area contributed by atoms with Gasteiger partial charge in [0.05, 0.1) is 16.9 Å². The minimum absolute atomic E-state index is 0.127. The maximum atomic E-state index is 12.3. The van der Waals surface area contributed by atoms with Gasteiger partial charge in [-0.1, -0.05) is 32.4 Å². The Hall–Kier alpha value is -1.53. The zero-order valence-electron chi connectivity index (χ0n) is 12.4. The molecule has 0 fully saturated rings. The topological polar surface area (TPSA) is 67.8 Å². The lowest BCUT2D eigenvalue weighted by molar-refractivity contribution is 0.102. The minimum atomic E-state index is -0.360. The van der Waals surface area contributed by atoms with Crippen molar-refractivity contribution in [2.75, 3.05) is 5.32 Å². The molecular formula is C14H17ClN4OS. The Morgan fingerprint density at radius 1 is 1.43 bits per heavy atom. The van der Waals surface area contributed by atoms with Gasteiger partial charge in [-0.2, -0.15) is 0 Å². The average Bonchev–Trinajstić information content (AvgIpc) is 2.78. The highest BCUT2D eigenvalue weighted by Crippen LogP contribution is 2.24. The Balaban J connectivity index is 2.25. The molecule has 7 heteroatoms. The summed E-state index contributed by atoms with van der Waals surface area (Å²) in [6, 6.07) is 0. The Morgan fingerprint density at radius 2 is 2.14 bits per heavy atom. The first-order valence-corrected chi connectivity index (χ1v) is 7.91. The Bertz CT molecular complexity index is 669. The van der Waals surface area contributed by atoms with Crippen LogP contribution in [0.15, 0.2) is 6.20 Å². The number of amides is 1. The van der Waals surface area contributed by atoms with Gasteiger partial charge in [-0.3, -0.25) is 10.1 Å². The highest BCUT2D eigenvalue weighted by atomic mass is 35.5. The van der Waals surface area contributed by atoms with Crippen molar-refractivity contribution >= 4 is 34.0 Å². The molecule has 2 heterocycles. The quantitative estimate of drug-likeness (QED) is 0.928. The van der Waals surface area contributed by atoms with E-state index in [1.165, 1.54) is 17.5 Å². The molecule has 112 valence electrons. The standard InChI is InChI=1S/C14H17ClN4OS/c1-5-10-8(4)21-14(17-10)19-13(20)11-9(15)6-16-12(18-11)7(2)3/h6-7H,5H2,1-4H3,(H,17,19,20). The number of aromatic nitrogens is 3. The molecule has 1 N–H and O–H groups in total. The van der Waals surface area contributed by atoms with E-state index in [0.717, 1.165) is 17.0 Å². The molecule has 0 aliphatic heterocycles.